The molecule has 0 radical (unpaired) electrons. The van der Waals surface area contributed by atoms with Crippen LogP contribution in [-0.4, -0.2) is 16.1 Å². The van der Waals surface area contributed by atoms with E-state index in [-0.39, 0.29) is 0 Å². The molecule has 0 aromatic carbocycles. The number of aryl methyl sites for hydroxylation is 1. The van der Waals surface area contributed by atoms with Gasteiger partial charge in [0, 0.05) is 18.0 Å². The lowest BCUT2D eigenvalue weighted by Crippen LogP contribution is -1.89. The van der Waals surface area contributed by atoms with Crippen molar-refractivity contribution >= 4 is 12.0 Å². The van der Waals surface area contributed by atoms with E-state index in [1.807, 2.05) is 12.1 Å². The molecule has 0 spiro atoms. The largest absolute Gasteiger partial charge is 0.478 e. The van der Waals surface area contributed by atoms with E-state index in [1.54, 1.807) is 6.20 Å². The summed E-state index contributed by atoms with van der Waals surface area (Å²) in [6.07, 6.45) is 6.35. The molecule has 14 heavy (non-hydrogen) atoms. The predicted molar refractivity (Wildman–Crippen MR) is 54.9 cm³/mol. The summed E-state index contributed by atoms with van der Waals surface area (Å²) in [5.74, 6) is -0.942. The third-order valence-corrected chi connectivity index (χ3v) is 1.77. The highest BCUT2D eigenvalue weighted by molar-refractivity contribution is 5.85. The van der Waals surface area contributed by atoms with Crippen LogP contribution in [-0.2, 0) is 11.2 Å². The van der Waals surface area contributed by atoms with E-state index in [1.165, 1.54) is 6.08 Å². The SMILES string of the molecule is CCCc1ccc(C=CC(=O)O)cn1. The van der Waals surface area contributed by atoms with E-state index in [2.05, 4.69) is 11.9 Å². The first-order chi connectivity index (χ1) is 6.72. The highest BCUT2D eigenvalue weighted by Crippen LogP contribution is 2.04. The van der Waals surface area contributed by atoms with Crippen molar-refractivity contribution in [2.75, 3.05) is 0 Å². The third-order valence-electron chi connectivity index (χ3n) is 1.77. The van der Waals surface area contributed by atoms with Crippen molar-refractivity contribution in [1.29, 1.82) is 0 Å². The van der Waals surface area contributed by atoms with Crippen LogP contribution in [0, 0.1) is 0 Å². The zero-order chi connectivity index (χ0) is 10.4. The topological polar surface area (TPSA) is 50.2 Å². The Balaban J connectivity index is 2.68. The fourth-order valence-electron chi connectivity index (χ4n) is 1.11. The second kappa shape index (κ2) is 5.17. The molecule has 0 unspecified atom stereocenters. The van der Waals surface area contributed by atoms with Gasteiger partial charge in [-0.3, -0.25) is 4.98 Å². The number of carboxylic acid groups (broad SMARTS) is 1. The molecule has 0 aliphatic rings. The summed E-state index contributed by atoms with van der Waals surface area (Å²) >= 11 is 0. The summed E-state index contributed by atoms with van der Waals surface area (Å²) in [6.45, 7) is 2.10. The molecule has 0 saturated carbocycles. The number of carbonyl (C=O) groups is 1. The van der Waals surface area contributed by atoms with Crippen LogP contribution in [0.5, 0.6) is 0 Å². The summed E-state index contributed by atoms with van der Waals surface area (Å²) in [4.78, 5) is 14.4. The second-order valence-electron chi connectivity index (χ2n) is 3.00. The average Bonchev–Trinajstić information content (AvgIpc) is 2.17. The molecule has 0 aliphatic carbocycles. The van der Waals surface area contributed by atoms with Gasteiger partial charge in [0.1, 0.15) is 0 Å². The van der Waals surface area contributed by atoms with E-state index in [4.69, 9.17) is 5.11 Å². The lowest BCUT2D eigenvalue weighted by molar-refractivity contribution is -0.131. The summed E-state index contributed by atoms with van der Waals surface area (Å²) in [7, 11) is 0. The van der Waals surface area contributed by atoms with E-state index in [9.17, 15) is 4.79 Å². The van der Waals surface area contributed by atoms with Gasteiger partial charge in [-0.15, -0.1) is 0 Å². The highest BCUT2D eigenvalue weighted by Gasteiger charge is 1.93. The highest BCUT2D eigenvalue weighted by atomic mass is 16.4. The quantitative estimate of drug-likeness (QED) is 0.742. The Kier molecular flexibility index (Phi) is 3.85. The molecule has 0 bridgehead atoms. The summed E-state index contributed by atoms with van der Waals surface area (Å²) in [5.41, 5.74) is 1.85. The molecular weight excluding hydrogens is 178 g/mol. The fraction of sp³-hybridized carbons (Fsp3) is 0.273. The molecule has 74 valence electrons. The first-order valence-corrected chi connectivity index (χ1v) is 4.58. The first kappa shape index (κ1) is 10.4. The molecule has 3 nitrogen and oxygen atoms in total. The second-order valence-corrected chi connectivity index (χ2v) is 3.00. The molecule has 3 heteroatoms. The molecule has 0 amide bonds. The maximum absolute atomic E-state index is 10.2. The van der Waals surface area contributed by atoms with E-state index in [0.29, 0.717) is 0 Å². The number of hydrogen-bond donors (Lipinski definition) is 1. The van der Waals surface area contributed by atoms with Gasteiger partial charge in [-0.25, -0.2) is 4.79 Å². The lowest BCUT2D eigenvalue weighted by Gasteiger charge is -1.97. The van der Waals surface area contributed by atoms with Crippen LogP contribution in [0.15, 0.2) is 24.4 Å². The van der Waals surface area contributed by atoms with Crippen LogP contribution >= 0.6 is 0 Å². The minimum atomic E-state index is -0.942. The molecule has 1 aromatic heterocycles. The van der Waals surface area contributed by atoms with Crippen molar-refractivity contribution in [3.63, 3.8) is 0 Å². The molecule has 1 heterocycles. The summed E-state index contributed by atoms with van der Waals surface area (Å²) in [5, 5.41) is 8.41. The minimum Gasteiger partial charge on any atom is -0.478 e. The van der Waals surface area contributed by atoms with Crippen molar-refractivity contribution < 1.29 is 9.90 Å². The number of rotatable bonds is 4. The van der Waals surface area contributed by atoms with Gasteiger partial charge < -0.3 is 5.11 Å². The van der Waals surface area contributed by atoms with Crippen LogP contribution < -0.4 is 0 Å². The Morgan fingerprint density at radius 1 is 1.57 bits per heavy atom. The minimum absolute atomic E-state index is 0.812. The number of hydrogen-bond acceptors (Lipinski definition) is 2. The van der Waals surface area contributed by atoms with Crippen molar-refractivity contribution in [3.8, 4) is 0 Å². The van der Waals surface area contributed by atoms with Crippen LogP contribution in [0.1, 0.15) is 24.6 Å². The third kappa shape index (κ3) is 3.39. The predicted octanol–water partition coefficient (Wildman–Crippen LogP) is 2.13. The number of aromatic nitrogens is 1. The maximum atomic E-state index is 10.2. The van der Waals surface area contributed by atoms with Gasteiger partial charge in [0.2, 0.25) is 0 Å². The van der Waals surface area contributed by atoms with Crippen LogP contribution in [0.3, 0.4) is 0 Å². The van der Waals surface area contributed by atoms with Gasteiger partial charge in [-0.05, 0) is 24.1 Å². The fourth-order valence-corrected chi connectivity index (χ4v) is 1.11. The number of carboxylic acids is 1. The smallest absolute Gasteiger partial charge is 0.328 e. The van der Waals surface area contributed by atoms with Gasteiger partial charge in [-0.2, -0.15) is 0 Å². The van der Waals surface area contributed by atoms with E-state index < -0.39 is 5.97 Å². The standard InChI is InChI=1S/C11H13NO2/c1-2-3-10-6-4-9(8-12-10)5-7-11(13)14/h4-8H,2-3H2,1H3,(H,13,14). The van der Waals surface area contributed by atoms with Crippen molar-refractivity contribution in [3.05, 3.63) is 35.7 Å². The van der Waals surface area contributed by atoms with E-state index in [0.717, 1.165) is 30.2 Å². The maximum Gasteiger partial charge on any atom is 0.328 e. The van der Waals surface area contributed by atoms with Gasteiger partial charge >= 0.3 is 5.97 Å². The zero-order valence-electron chi connectivity index (χ0n) is 8.10. The zero-order valence-corrected chi connectivity index (χ0v) is 8.10. The lowest BCUT2D eigenvalue weighted by atomic mass is 10.2. The van der Waals surface area contributed by atoms with Crippen LogP contribution in [0.2, 0.25) is 0 Å². The molecule has 1 aromatic rings. The Bertz CT molecular complexity index is 328. The summed E-state index contributed by atoms with van der Waals surface area (Å²) < 4.78 is 0. The van der Waals surface area contributed by atoms with Gasteiger partial charge in [0.25, 0.3) is 0 Å². The molecule has 1 N–H and O–H groups in total. The van der Waals surface area contributed by atoms with E-state index >= 15 is 0 Å². The molecule has 0 saturated heterocycles. The molecule has 1 rings (SSSR count). The Morgan fingerprint density at radius 3 is 2.86 bits per heavy atom. The van der Waals surface area contributed by atoms with Gasteiger partial charge in [-0.1, -0.05) is 19.4 Å². The van der Waals surface area contributed by atoms with Crippen molar-refractivity contribution in [1.82, 2.24) is 4.98 Å². The normalized spacial score (nSPS) is 10.6. The van der Waals surface area contributed by atoms with Crippen molar-refractivity contribution in [2.24, 2.45) is 0 Å². The Labute approximate surface area is 83.1 Å². The molecule has 0 atom stereocenters. The van der Waals surface area contributed by atoms with Crippen molar-refractivity contribution in [2.45, 2.75) is 19.8 Å². The van der Waals surface area contributed by atoms with Gasteiger partial charge in [0.15, 0.2) is 0 Å². The molecular formula is C11H13NO2. The number of nitrogens with zero attached hydrogens (tertiary/aromatic N) is 1. The number of aliphatic carboxylic acids is 1. The first-order valence-electron chi connectivity index (χ1n) is 4.58. The Morgan fingerprint density at radius 2 is 2.36 bits per heavy atom. The monoisotopic (exact) mass is 191 g/mol. The molecule has 0 aliphatic heterocycles. The van der Waals surface area contributed by atoms with Gasteiger partial charge in [0.05, 0.1) is 0 Å². The molecule has 0 fully saturated rings. The number of pyridine rings is 1. The van der Waals surface area contributed by atoms with Crippen LogP contribution in [0.4, 0.5) is 0 Å². The summed E-state index contributed by atoms with van der Waals surface area (Å²) in [6, 6.07) is 3.79. The average molecular weight is 191 g/mol. The van der Waals surface area contributed by atoms with Crippen LogP contribution in [0.25, 0.3) is 6.08 Å². The Hall–Kier alpha value is -1.64.